The summed E-state index contributed by atoms with van der Waals surface area (Å²) in [5.41, 5.74) is -0.498. The van der Waals surface area contributed by atoms with E-state index in [1.807, 2.05) is 0 Å². The first-order valence-electron chi connectivity index (χ1n) is 6.75. The molecule has 0 fully saturated rings. The lowest BCUT2D eigenvalue weighted by atomic mass is 10.2. The average molecular weight is 315 g/mol. The molecule has 23 heavy (non-hydrogen) atoms. The van der Waals surface area contributed by atoms with Crippen molar-refractivity contribution in [1.29, 1.82) is 0 Å². The molecular weight excluding hydrogens is 301 g/mol. The number of nitrogens with one attached hydrogen (secondary N) is 1. The van der Waals surface area contributed by atoms with Crippen LogP contribution in [0.5, 0.6) is 0 Å². The van der Waals surface area contributed by atoms with E-state index in [1.165, 1.54) is 23.2 Å². The van der Waals surface area contributed by atoms with Gasteiger partial charge in [-0.1, -0.05) is 18.1 Å². The summed E-state index contributed by atoms with van der Waals surface area (Å²) in [5, 5.41) is 0. The molecule has 1 N–H and O–H groups in total. The van der Waals surface area contributed by atoms with E-state index in [2.05, 4.69) is 10.9 Å². The van der Waals surface area contributed by atoms with Gasteiger partial charge in [0.1, 0.15) is 12.4 Å². The summed E-state index contributed by atoms with van der Waals surface area (Å²) >= 11 is 0. The molecule has 0 unspecified atom stereocenters. The summed E-state index contributed by atoms with van der Waals surface area (Å²) in [7, 11) is 0. The zero-order chi connectivity index (χ0) is 16.8. The summed E-state index contributed by atoms with van der Waals surface area (Å²) in [6.07, 6.45) is 6.51. The SMILES string of the molecule is C#CCN(Cc1ccc(F)cc1)C(=O)Cn1ccc(=O)[nH]c1=O. The minimum absolute atomic E-state index is 0.0499. The van der Waals surface area contributed by atoms with Crippen molar-refractivity contribution >= 4 is 5.91 Å². The van der Waals surface area contributed by atoms with Crippen molar-refractivity contribution in [3.05, 3.63) is 68.7 Å². The normalized spacial score (nSPS) is 10.1. The van der Waals surface area contributed by atoms with Crippen LogP contribution in [0.15, 0.2) is 46.1 Å². The van der Waals surface area contributed by atoms with Crippen LogP contribution in [0.4, 0.5) is 4.39 Å². The van der Waals surface area contributed by atoms with Gasteiger partial charge in [0.25, 0.3) is 5.56 Å². The van der Waals surface area contributed by atoms with Gasteiger partial charge in [0.05, 0.1) is 6.54 Å². The van der Waals surface area contributed by atoms with Crippen LogP contribution in [0.25, 0.3) is 0 Å². The van der Waals surface area contributed by atoms with Crippen LogP contribution in [-0.2, 0) is 17.9 Å². The number of hydrogen-bond acceptors (Lipinski definition) is 3. The number of carbonyl (C=O) groups is 1. The van der Waals surface area contributed by atoms with Gasteiger partial charge in [-0.3, -0.25) is 19.1 Å². The molecule has 0 radical (unpaired) electrons. The highest BCUT2D eigenvalue weighted by molar-refractivity contribution is 5.76. The summed E-state index contributed by atoms with van der Waals surface area (Å²) in [5.74, 6) is 1.62. The number of hydrogen-bond donors (Lipinski definition) is 1. The number of H-pyrrole nitrogens is 1. The molecular formula is C16H14FN3O3. The number of amides is 1. The number of halogens is 1. The molecule has 0 aliphatic heterocycles. The summed E-state index contributed by atoms with van der Waals surface area (Å²) < 4.78 is 14.0. The zero-order valence-electron chi connectivity index (χ0n) is 12.2. The van der Waals surface area contributed by atoms with E-state index in [9.17, 15) is 18.8 Å². The Labute approximate surface area is 131 Å². The van der Waals surface area contributed by atoms with Crippen molar-refractivity contribution in [3.63, 3.8) is 0 Å². The van der Waals surface area contributed by atoms with E-state index in [0.29, 0.717) is 5.56 Å². The van der Waals surface area contributed by atoms with Crippen LogP contribution in [0.1, 0.15) is 5.56 Å². The van der Waals surface area contributed by atoms with Crippen molar-refractivity contribution < 1.29 is 9.18 Å². The number of rotatable bonds is 5. The number of aromatic amines is 1. The lowest BCUT2D eigenvalue weighted by Crippen LogP contribution is -2.38. The third-order valence-corrected chi connectivity index (χ3v) is 3.12. The molecule has 1 aromatic carbocycles. The highest BCUT2D eigenvalue weighted by Crippen LogP contribution is 2.07. The molecule has 2 rings (SSSR count). The molecule has 7 heteroatoms. The molecule has 0 aliphatic rings. The zero-order valence-corrected chi connectivity index (χ0v) is 12.2. The van der Waals surface area contributed by atoms with Crippen molar-refractivity contribution in [1.82, 2.24) is 14.5 Å². The third kappa shape index (κ3) is 4.41. The fraction of sp³-hybridized carbons (Fsp3) is 0.188. The van der Waals surface area contributed by atoms with Crippen molar-refractivity contribution in [2.24, 2.45) is 0 Å². The van der Waals surface area contributed by atoms with Gasteiger partial charge in [-0.15, -0.1) is 6.42 Å². The monoisotopic (exact) mass is 315 g/mol. The van der Waals surface area contributed by atoms with E-state index in [4.69, 9.17) is 6.42 Å². The predicted octanol–water partition coefficient (Wildman–Crippen LogP) is 0.338. The molecule has 1 amide bonds. The van der Waals surface area contributed by atoms with Gasteiger partial charge in [-0.2, -0.15) is 0 Å². The summed E-state index contributed by atoms with van der Waals surface area (Å²) in [4.78, 5) is 38.4. The third-order valence-electron chi connectivity index (χ3n) is 3.12. The number of aromatic nitrogens is 2. The van der Waals surface area contributed by atoms with Crippen LogP contribution in [0.3, 0.4) is 0 Å². The molecule has 2 aromatic rings. The number of nitrogens with zero attached hydrogens (tertiary/aromatic N) is 2. The fourth-order valence-corrected chi connectivity index (χ4v) is 1.97. The Morgan fingerprint density at radius 2 is 1.96 bits per heavy atom. The average Bonchev–Trinajstić information content (AvgIpc) is 2.51. The molecule has 118 valence electrons. The van der Waals surface area contributed by atoms with Crippen LogP contribution in [0.2, 0.25) is 0 Å². The van der Waals surface area contributed by atoms with Crippen LogP contribution < -0.4 is 11.2 Å². The second-order valence-corrected chi connectivity index (χ2v) is 4.82. The molecule has 1 heterocycles. The second kappa shape index (κ2) is 7.22. The van der Waals surface area contributed by atoms with Crippen LogP contribution in [-0.4, -0.2) is 26.9 Å². The minimum Gasteiger partial charge on any atom is -0.326 e. The van der Waals surface area contributed by atoms with E-state index < -0.39 is 11.2 Å². The second-order valence-electron chi connectivity index (χ2n) is 4.82. The summed E-state index contributed by atoms with van der Waals surface area (Å²) in [6, 6.07) is 6.84. The number of terminal acetylenes is 1. The Hall–Kier alpha value is -3.14. The summed E-state index contributed by atoms with van der Waals surface area (Å²) in [6.45, 7) is -0.00574. The number of carbonyl (C=O) groups excluding carboxylic acids is 1. The maximum atomic E-state index is 12.9. The van der Waals surface area contributed by atoms with Crippen molar-refractivity contribution in [3.8, 4) is 12.3 Å². The highest BCUT2D eigenvalue weighted by Gasteiger charge is 2.14. The van der Waals surface area contributed by atoms with E-state index >= 15 is 0 Å². The Kier molecular flexibility index (Phi) is 5.10. The van der Waals surface area contributed by atoms with Crippen LogP contribution in [0, 0.1) is 18.2 Å². The fourth-order valence-electron chi connectivity index (χ4n) is 1.97. The van der Waals surface area contributed by atoms with E-state index in [1.54, 1.807) is 12.1 Å². The lowest BCUT2D eigenvalue weighted by molar-refractivity contribution is -0.131. The quantitative estimate of drug-likeness (QED) is 0.808. The van der Waals surface area contributed by atoms with Gasteiger partial charge >= 0.3 is 5.69 Å². The van der Waals surface area contributed by atoms with E-state index in [0.717, 1.165) is 10.6 Å². The smallest absolute Gasteiger partial charge is 0.326 e. The topological polar surface area (TPSA) is 75.2 Å². The van der Waals surface area contributed by atoms with Gasteiger partial charge in [0.2, 0.25) is 5.91 Å². The van der Waals surface area contributed by atoms with Gasteiger partial charge in [0.15, 0.2) is 0 Å². The minimum atomic E-state index is -0.673. The standard InChI is InChI=1S/C16H14FN3O3/c1-2-8-19(10-12-3-5-13(17)6-4-12)15(22)11-20-9-7-14(21)18-16(20)23/h1,3-7,9H,8,10-11H2,(H,18,21,23). The van der Waals surface area contributed by atoms with E-state index in [-0.39, 0.29) is 31.4 Å². The first kappa shape index (κ1) is 16.2. The number of benzene rings is 1. The molecule has 0 bridgehead atoms. The Balaban J connectivity index is 2.15. The largest absolute Gasteiger partial charge is 0.328 e. The maximum absolute atomic E-state index is 12.9. The van der Waals surface area contributed by atoms with Gasteiger partial charge in [-0.25, -0.2) is 9.18 Å². The molecule has 0 saturated carbocycles. The molecule has 0 aliphatic carbocycles. The Morgan fingerprint density at radius 1 is 1.26 bits per heavy atom. The van der Waals surface area contributed by atoms with Crippen molar-refractivity contribution in [2.75, 3.05) is 6.54 Å². The molecule has 1 aromatic heterocycles. The first-order chi connectivity index (χ1) is 11.0. The predicted molar refractivity (Wildman–Crippen MR) is 82.0 cm³/mol. The first-order valence-corrected chi connectivity index (χ1v) is 6.75. The van der Waals surface area contributed by atoms with Crippen LogP contribution >= 0.6 is 0 Å². The molecule has 6 nitrogen and oxygen atoms in total. The van der Waals surface area contributed by atoms with Gasteiger partial charge in [-0.05, 0) is 17.7 Å². The highest BCUT2D eigenvalue weighted by atomic mass is 19.1. The van der Waals surface area contributed by atoms with Crippen molar-refractivity contribution in [2.45, 2.75) is 13.1 Å². The Morgan fingerprint density at radius 3 is 2.57 bits per heavy atom. The van der Waals surface area contributed by atoms with Gasteiger partial charge < -0.3 is 4.90 Å². The molecule has 0 spiro atoms. The molecule has 0 saturated heterocycles. The molecule has 0 atom stereocenters. The maximum Gasteiger partial charge on any atom is 0.328 e. The Bertz CT molecular complexity index is 846. The van der Waals surface area contributed by atoms with Gasteiger partial charge in [0, 0.05) is 18.8 Å². The lowest BCUT2D eigenvalue weighted by Gasteiger charge is -2.20.